The predicted molar refractivity (Wildman–Crippen MR) is 89.4 cm³/mol. The number of nitrogens with one attached hydrogen (secondary N) is 2. The fourth-order valence-electron chi connectivity index (χ4n) is 1.65. The Morgan fingerprint density at radius 3 is 2.35 bits per heavy atom. The number of hydrogen-bond donors (Lipinski definition) is 2. The van der Waals surface area contributed by atoms with Gasteiger partial charge >= 0.3 is 0 Å². The Labute approximate surface area is 130 Å². The van der Waals surface area contributed by atoms with Crippen molar-refractivity contribution in [1.29, 1.82) is 0 Å². The van der Waals surface area contributed by atoms with Gasteiger partial charge in [0.15, 0.2) is 0 Å². The largest absolute Gasteiger partial charge is 0.369 e. The number of hydrogen-bond acceptors (Lipinski definition) is 5. The molecule has 0 bridgehead atoms. The van der Waals surface area contributed by atoms with Gasteiger partial charge in [-0.25, -0.2) is 9.97 Å². The van der Waals surface area contributed by atoms with Crippen molar-refractivity contribution in [1.82, 2.24) is 14.9 Å². The van der Waals surface area contributed by atoms with Crippen LogP contribution in [0.15, 0.2) is 10.8 Å². The highest BCUT2D eigenvalue weighted by Gasteiger charge is 2.08. The fourth-order valence-corrected chi connectivity index (χ4v) is 2.14. The highest BCUT2D eigenvalue weighted by molar-refractivity contribution is 9.10. The van der Waals surface area contributed by atoms with Gasteiger partial charge in [-0.3, -0.25) is 0 Å². The molecule has 1 rings (SSSR count). The van der Waals surface area contributed by atoms with Crippen LogP contribution in [0.1, 0.15) is 33.6 Å². The monoisotopic (exact) mass is 343 g/mol. The molecule has 1 aromatic heterocycles. The van der Waals surface area contributed by atoms with Gasteiger partial charge in [0.1, 0.15) is 22.4 Å². The maximum Gasteiger partial charge on any atom is 0.145 e. The first-order valence-corrected chi connectivity index (χ1v) is 8.04. The van der Waals surface area contributed by atoms with Crippen molar-refractivity contribution in [3.63, 3.8) is 0 Å². The number of aromatic nitrogens is 2. The Balaban J connectivity index is 2.44. The van der Waals surface area contributed by atoms with E-state index >= 15 is 0 Å². The van der Waals surface area contributed by atoms with E-state index in [0.717, 1.165) is 48.6 Å². The van der Waals surface area contributed by atoms with E-state index in [0.29, 0.717) is 6.04 Å². The predicted octanol–water partition coefficient (Wildman–Crippen LogP) is 3.20. The molecule has 114 valence electrons. The van der Waals surface area contributed by atoms with Crippen LogP contribution < -0.4 is 10.6 Å². The maximum atomic E-state index is 4.28. The quantitative estimate of drug-likeness (QED) is 0.674. The lowest BCUT2D eigenvalue weighted by atomic mass is 10.3. The van der Waals surface area contributed by atoms with Gasteiger partial charge < -0.3 is 15.5 Å². The van der Waals surface area contributed by atoms with Crippen molar-refractivity contribution >= 4 is 27.6 Å². The molecule has 0 aromatic carbocycles. The van der Waals surface area contributed by atoms with E-state index in [1.807, 2.05) is 0 Å². The van der Waals surface area contributed by atoms with Crippen molar-refractivity contribution in [3.05, 3.63) is 10.8 Å². The molecule has 0 radical (unpaired) electrons. The molecule has 0 aliphatic heterocycles. The lowest BCUT2D eigenvalue weighted by Gasteiger charge is -2.20. The summed E-state index contributed by atoms with van der Waals surface area (Å²) in [5, 5.41) is 6.64. The highest BCUT2D eigenvalue weighted by atomic mass is 79.9. The molecule has 0 unspecified atom stereocenters. The summed E-state index contributed by atoms with van der Waals surface area (Å²) in [6.45, 7) is 9.44. The van der Waals surface area contributed by atoms with Crippen LogP contribution in [0.3, 0.4) is 0 Å². The molecule has 1 heterocycles. The molecule has 20 heavy (non-hydrogen) atoms. The summed E-state index contributed by atoms with van der Waals surface area (Å²) in [6.07, 6.45) is 3.74. The lowest BCUT2D eigenvalue weighted by Crippen LogP contribution is -2.28. The third-order valence-corrected chi connectivity index (χ3v) is 3.94. The van der Waals surface area contributed by atoms with Crippen LogP contribution in [0.2, 0.25) is 0 Å². The number of anilines is 2. The van der Waals surface area contributed by atoms with Crippen LogP contribution in [0, 0.1) is 0 Å². The Morgan fingerprint density at radius 1 is 1.20 bits per heavy atom. The van der Waals surface area contributed by atoms with Gasteiger partial charge in [-0.2, -0.15) is 0 Å². The van der Waals surface area contributed by atoms with Crippen molar-refractivity contribution in [3.8, 4) is 0 Å². The Hall–Kier alpha value is -0.880. The number of halogens is 1. The number of rotatable bonds is 9. The van der Waals surface area contributed by atoms with Gasteiger partial charge in [0.25, 0.3) is 0 Å². The van der Waals surface area contributed by atoms with Gasteiger partial charge in [0.2, 0.25) is 0 Å². The van der Waals surface area contributed by atoms with E-state index in [1.165, 1.54) is 0 Å². The van der Waals surface area contributed by atoms with Crippen molar-refractivity contribution in [2.75, 3.05) is 37.3 Å². The van der Waals surface area contributed by atoms with Crippen molar-refractivity contribution in [2.45, 2.75) is 39.7 Å². The third kappa shape index (κ3) is 5.63. The van der Waals surface area contributed by atoms with E-state index in [4.69, 9.17) is 0 Å². The molecule has 1 aromatic rings. The van der Waals surface area contributed by atoms with Crippen LogP contribution in [-0.2, 0) is 0 Å². The van der Waals surface area contributed by atoms with E-state index in [2.05, 4.69) is 69.3 Å². The van der Waals surface area contributed by atoms with Crippen LogP contribution in [0.25, 0.3) is 0 Å². The van der Waals surface area contributed by atoms with Gasteiger partial charge in [-0.05, 0) is 56.2 Å². The summed E-state index contributed by atoms with van der Waals surface area (Å²) in [6, 6.07) is 0.589. The molecule has 0 aliphatic carbocycles. The van der Waals surface area contributed by atoms with Crippen molar-refractivity contribution in [2.24, 2.45) is 0 Å². The Kier molecular flexibility index (Phi) is 7.84. The fraction of sp³-hybridized carbons (Fsp3) is 0.714. The van der Waals surface area contributed by atoms with Gasteiger partial charge in [-0.1, -0.05) is 6.92 Å². The van der Waals surface area contributed by atoms with Crippen LogP contribution >= 0.6 is 15.9 Å². The molecule has 0 spiro atoms. The molecule has 2 N–H and O–H groups in total. The molecule has 0 fully saturated rings. The summed E-state index contributed by atoms with van der Waals surface area (Å²) in [4.78, 5) is 10.9. The summed E-state index contributed by atoms with van der Waals surface area (Å²) in [5.74, 6) is 1.70. The van der Waals surface area contributed by atoms with E-state index in [9.17, 15) is 0 Å². The average Bonchev–Trinajstić information content (AvgIpc) is 2.43. The molecule has 0 aliphatic rings. The van der Waals surface area contributed by atoms with Gasteiger partial charge in [0.05, 0.1) is 0 Å². The minimum atomic E-state index is 0.589. The van der Waals surface area contributed by atoms with Crippen molar-refractivity contribution < 1.29 is 0 Å². The zero-order valence-corrected chi connectivity index (χ0v) is 14.5. The number of nitrogens with zero attached hydrogens (tertiary/aromatic N) is 3. The maximum absolute atomic E-state index is 4.28. The molecule has 0 atom stereocenters. The minimum absolute atomic E-state index is 0.589. The zero-order chi connectivity index (χ0) is 15.0. The standard InChI is InChI=1S/C14H26BrN5/c1-5-7-16-13-12(15)14(19-10-18-13)17-8-6-9-20(4)11(2)3/h10-11H,5-9H2,1-4H3,(H2,16,17,18,19). The zero-order valence-electron chi connectivity index (χ0n) is 12.9. The second kappa shape index (κ2) is 9.13. The second-order valence-electron chi connectivity index (χ2n) is 5.17. The first-order valence-electron chi connectivity index (χ1n) is 7.24. The molecule has 0 saturated heterocycles. The SMILES string of the molecule is CCCNc1ncnc(NCCCN(C)C(C)C)c1Br. The smallest absolute Gasteiger partial charge is 0.145 e. The summed E-state index contributed by atoms with van der Waals surface area (Å²) < 4.78 is 0.908. The summed E-state index contributed by atoms with van der Waals surface area (Å²) in [5.41, 5.74) is 0. The molecule has 0 amide bonds. The molecular weight excluding hydrogens is 318 g/mol. The van der Waals surface area contributed by atoms with Gasteiger partial charge in [-0.15, -0.1) is 0 Å². The topological polar surface area (TPSA) is 53.1 Å². The Bertz CT molecular complexity index is 397. The summed E-state index contributed by atoms with van der Waals surface area (Å²) >= 11 is 3.56. The first-order chi connectivity index (χ1) is 9.56. The van der Waals surface area contributed by atoms with Crippen LogP contribution in [-0.4, -0.2) is 47.6 Å². The first kappa shape index (κ1) is 17.2. The van der Waals surface area contributed by atoms with E-state index in [-0.39, 0.29) is 0 Å². The normalized spacial score (nSPS) is 11.2. The molecular formula is C14H26BrN5. The third-order valence-electron chi connectivity index (χ3n) is 3.19. The molecule has 5 nitrogen and oxygen atoms in total. The minimum Gasteiger partial charge on any atom is -0.369 e. The lowest BCUT2D eigenvalue weighted by molar-refractivity contribution is 0.273. The van der Waals surface area contributed by atoms with Crippen LogP contribution in [0.4, 0.5) is 11.6 Å². The molecule has 6 heteroatoms. The average molecular weight is 344 g/mol. The van der Waals surface area contributed by atoms with Gasteiger partial charge in [0, 0.05) is 19.1 Å². The van der Waals surface area contributed by atoms with E-state index in [1.54, 1.807) is 6.33 Å². The summed E-state index contributed by atoms with van der Waals surface area (Å²) in [7, 11) is 2.15. The Morgan fingerprint density at radius 2 is 1.80 bits per heavy atom. The highest BCUT2D eigenvalue weighted by Crippen LogP contribution is 2.26. The molecule has 0 saturated carbocycles. The van der Waals surface area contributed by atoms with Crippen LogP contribution in [0.5, 0.6) is 0 Å². The van der Waals surface area contributed by atoms with E-state index < -0.39 is 0 Å². The second-order valence-corrected chi connectivity index (χ2v) is 5.96.